The summed E-state index contributed by atoms with van der Waals surface area (Å²) < 4.78 is 12.9. The number of hydrogen-bond acceptors (Lipinski definition) is 2. The van der Waals surface area contributed by atoms with Gasteiger partial charge in [-0.3, -0.25) is 4.79 Å². The number of halogens is 1. The number of rotatable bonds is 4. The molecule has 1 aromatic rings. The molecule has 1 aromatic carbocycles. The normalized spacial score (nSPS) is 19.4. The maximum absolute atomic E-state index is 12.9. The molecule has 0 radical (unpaired) electrons. The summed E-state index contributed by atoms with van der Waals surface area (Å²) in [6.07, 6.45) is 2.62. The van der Waals surface area contributed by atoms with Crippen molar-refractivity contribution >= 4 is 5.91 Å². The molecule has 2 N–H and O–H groups in total. The fourth-order valence-corrected chi connectivity index (χ4v) is 2.83. The minimum Gasteiger partial charge on any atom is -0.349 e. The van der Waals surface area contributed by atoms with Gasteiger partial charge in [0.25, 0.3) is 0 Å². The van der Waals surface area contributed by atoms with Crippen molar-refractivity contribution in [1.29, 1.82) is 0 Å². The molecule has 1 saturated heterocycles. The van der Waals surface area contributed by atoms with Crippen LogP contribution in [0.5, 0.6) is 0 Å². The van der Waals surface area contributed by atoms with Crippen molar-refractivity contribution < 1.29 is 9.18 Å². The van der Waals surface area contributed by atoms with Crippen LogP contribution >= 0.6 is 0 Å². The van der Waals surface area contributed by atoms with Gasteiger partial charge in [0.15, 0.2) is 0 Å². The van der Waals surface area contributed by atoms with E-state index in [0.29, 0.717) is 0 Å². The zero-order valence-electron chi connectivity index (χ0n) is 12.2. The molecular formula is C16H23FN2O. The molecule has 110 valence electrons. The van der Waals surface area contributed by atoms with Crippen molar-refractivity contribution in [1.82, 2.24) is 10.6 Å². The lowest BCUT2D eigenvalue weighted by Gasteiger charge is -2.36. The van der Waals surface area contributed by atoms with Crippen molar-refractivity contribution in [3.05, 3.63) is 35.6 Å². The smallest absolute Gasteiger partial charge is 0.226 e. The molecule has 1 aliphatic heterocycles. The van der Waals surface area contributed by atoms with Gasteiger partial charge in [-0.15, -0.1) is 0 Å². The number of piperidine rings is 1. The summed E-state index contributed by atoms with van der Waals surface area (Å²) >= 11 is 0. The Balaban J connectivity index is 2.04. The van der Waals surface area contributed by atoms with Gasteiger partial charge in [-0.1, -0.05) is 19.1 Å². The number of amides is 1. The van der Waals surface area contributed by atoms with Gasteiger partial charge in [-0.05, 0) is 57.0 Å². The molecule has 1 atom stereocenters. The van der Waals surface area contributed by atoms with Gasteiger partial charge >= 0.3 is 0 Å². The molecule has 2 rings (SSSR count). The van der Waals surface area contributed by atoms with Crippen LogP contribution in [0.15, 0.2) is 24.3 Å². The Morgan fingerprint density at radius 3 is 2.50 bits per heavy atom. The summed E-state index contributed by atoms with van der Waals surface area (Å²) in [4.78, 5) is 12.6. The fourth-order valence-electron chi connectivity index (χ4n) is 2.83. The van der Waals surface area contributed by atoms with Crippen LogP contribution in [-0.4, -0.2) is 19.0 Å². The Morgan fingerprint density at radius 1 is 1.35 bits per heavy atom. The number of carbonyl (C=O) groups excluding carboxylic acids is 1. The van der Waals surface area contributed by atoms with Crippen LogP contribution in [0.2, 0.25) is 0 Å². The third kappa shape index (κ3) is 3.18. The molecule has 0 aliphatic carbocycles. The maximum atomic E-state index is 12.9. The average molecular weight is 278 g/mol. The van der Waals surface area contributed by atoms with Crippen LogP contribution in [-0.2, 0) is 4.79 Å². The first-order chi connectivity index (χ1) is 9.57. The van der Waals surface area contributed by atoms with Gasteiger partial charge < -0.3 is 10.6 Å². The second kappa shape index (κ2) is 6.35. The van der Waals surface area contributed by atoms with Crippen LogP contribution in [0.25, 0.3) is 0 Å². The van der Waals surface area contributed by atoms with E-state index in [1.807, 2.05) is 6.92 Å². The highest BCUT2D eigenvalue weighted by molar-refractivity contribution is 5.83. The van der Waals surface area contributed by atoms with E-state index >= 15 is 0 Å². The molecule has 0 saturated carbocycles. The summed E-state index contributed by atoms with van der Waals surface area (Å²) in [5.41, 5.74) is 0.680. The first-order valence-corrected chi connectivity index (χ1v) is 7.34. The lowest BCUT2D eigenvalue weighted by Crippen LogP contribution is -2.47. The second-order valence-electron chi connectivity index (χ2n) is 5.63. The zero-order valence-corrected chi connectivity index (χ0v) is 12.2. The molecule has 1 heterocycles. The maximum Gasteiger partial charge on any atom is 0.226 e. The summed E-state index contributed by atoms with van der Waals surface area (Å²) in [6, 6.07) is 6.21. The van der Waals surface area contributed by atoms with Crippen LogP contribution in [0.3, 0.4) is 0 Å². The van der Waals surface area contributed by atoms with Crippen LogP contribution in [0.4, 0.5) is 4.39 Å². The highest BCUT2D eigenvalue weighted by atomic mass is 19.1. The molecule has 4 heteroatoms. The van der Waals surface area contributed by atoms with E-state index in [0.717, 1.165) is 37.9 Å². The molecule has 0 aromatic heterocycles. The fraction of sp³-hybridized carbons (Fsp3) is 0.562. The highest BCUT2D eigenvalue weighted by Gasteiger charge is 2.38. The van der Waals surface area contributed by atoms with Crippen LogP contribution < -0.4 is 10.6 Å². The Morgan fingerprint density at radius 2 is 1.95 bits per heavy atom. The minimum atomic E-state index is -0.254. The predicted octanol–water partition coefficient (Wildman–Crippen LogP) is 2.78. The topological polar surface area (TPSA) is 41.1 Å². The van der Waals surface area contributed by atoms with E-state index in [-0.39, 0.29) is 23.2 Å². The van der Waals surface area contributed by atoms with Crippen molar-refractivity contribution in [2.45, 2.75) is 39.2 Å². The van der Waals surface area contributed by atoms with E-state index in [2.05, 4.69) is 17.6 Å². The number of carbonyl (C=O) groups is 1. The van der Waals surface area contributed by atoms with E-state index < -0.39 is 0 Å². The van der Waals surface area contributed by atoms with E-state index in [9.17, 15) is 9.18 Å². The molecule has 0 bridgehead atoms. The minimum absolute atomic E-state index is 0.0959. The van der Waals surface area contributed by atoms with Crippen molar-refractivity contribution in [2.75, 3.05) is 13.1 Å². The second-order valence-corrected chi connectivity index (χ2v) is 5.63. The lowest BCUT2D eigenvalue weighted by molar-refractivity contribution is -0.133. The first kappa shape index (κ1) is 15.0. The quantitative estimate of drug-likeness (QED) is 0.889. The standard InChI is InChI=1S/C16H23FN2O/c1-3-16(8-10-18-11-9-16)15(20)19-12(2)13-4-6-14(17)7-5-13/h4-7,12,18H,3,8-11H2,1-2H3,(H,19,20). The van der Waals surface area contributed by atoms with Crippen molar-refractivity contribution in [3.63, 3.8) is 0 Å². The molecule has 1 unspecified atom stereocenters. The number of nitrogens with one attached hydrogen (secondary N) is 2. The van der Waals surface area contributed by atoms with Crippen LogP contribution in [0.1, 0.15) is 44.7 Å². The van der Waals surface area contributed by atoms with Gasteiger partial charge in [0.2, 0.25) is 5.91 Å². The first-order valence-electron chi connectivity index (χ1n) is 7.34. The highest BCUT2D eigenvalue weighted by Crippen LogP contribution is 2.33. The monoisotopic (exact) mass is 278 g/mol. The molecule has 20 heavy (non-hydrogen) atoms. The summed E-state index contributed by atoms with van der Waals surface area (Å²) in [5, 5.41) is 6.39. The Bertz CT molecular complexity index is 452. The Hall–Kier alpha value is -1.42. The summed E-state index contributed by atoms with van der Waals surface area (Å²) in [5.74, 6) is -0.131. The number of benzene rings is 1. The summed E-state index contributed by atoms with van der Waals surface area (Å²) in [7, 11) is 0. The van der Waals surface area contributed by atoms with E-state index in [1.54, 1.807) is 12.1 Å². The molecule has 1 aliphatic rings. The third-order valence-electron chi connectivity index (χ3n) is 4.44. The van der Waals surface area contributed by atoms with Gasteiger partial charge in [0.05, 0.1) is 11.5 Å². The third-order valence-corrected chi connectivity index (χ3v) is 4.44. The zero-order chi connectivity index (χ0) is 14.6. The number of hydrogen-bond donors (Lipinski definition) is 2. The van der Waals surface area contributed by atoms with Gasteiger partial charge in [-0.2, -0.15) is 0 Å². The van der Waals surface area contributed by atoms with Gasteiger partial charge in [0.1, 0.15) is 5.82 Å². The van der Waals surface area contributed by atoms with Gasteiger partial charge in [0, 0.05) is 0 Å². The average Bonchev–Trinajstić information content (AvgIpc) is 2.48. The Labute approximate surface area is 120 Å². The molecule has 1 fully saturated rings. The Kier molecular flexibility index (Phi) is 4.76. The molecule has 1 amide bonds. The summed E-state index contributed by atoms with van der Waals surface area (Å²) in [6.45, 7) is 5.81. The largest absolute Gasteiger partial charge is 0.349 e. The molecule has 0 spiro atoms. The van der Waals surface area contributed by atoms with E-state index in [4.69, 9.17) is 0 Å². The van der Waals surface area contributed by atoms with Crippen molar-refractivity contribution in [2.24, 2.45) is 5.41 Å². The SMILES string of the molecule is CCC1(C(=O)NC(C)c2ccc(F)cc2)CCNCC1. The van der Waals surface area contributed by atoms with Crippen LogP contribution in [0, 0.1) is 11.2 Å². The van der Waals surface area contributed by atoms with Crippen molar-refractivity contribution in [3.8, 4) is 0 Å². The predicted molar refractivity (Wildman–Crippen MR) is 77.8 cm³/mol. The lowest BCUT2D eigenvalue weighted by atomic mass is 9.75. The van der Waals surface area contributed by atoms with Gasteiger partial charge in [-0.25, -0.2) is 4.39 Å². The van der Waals surface area contributed by atoms with E-state index in [1.165, 1.54) is 12.1 Å². The molecule has 3 nitrogen and oxygen atoms in total. The molecular weight excluding hydrogens is 255 g/mol.